The van der Waals surface area contributed by atoms with E-state index in [2.05, 4.69) is 5.32 Å². The minimum absolute atomic E-state index is 0.112. The van der Waals surface area contributed by atoms with Crippen molar-refractivity contribution in [3.8, 4) is 0 Å². The van der Waals surface area contributed by atoms with Gasteiger partial charge in [0.05, 0.1) is 5.60 Å². The summed E-state index contributed by atoms with van der Waals surface area (Å²) in [5.74, 6) is -0.978. The van der Waals surface area contributed by atoms with Gasteiger partial charge in [-0.25, -0.2) is 0 Å². The number of nitrogens with two attached hydrogens (primary N) is 1. The maximum Gasteiger partial charge on any atom is 0.311 e. The van der Waals surface area contributed by atoms with Gasteiger partial charge in [0.2, 0.25) is 0 Å². The second kappa shape index (κ2) is 5.88. The second-order valence-electron chi connectivity index (χ2n) is 5.59. The second-order valence-corrected chi connectivity index (χ2v) is 5.59. The Bertz CT molecular complexity index is 361. The van der Waals surface area contributed by atoms with E-state index in [0.29, 0.717) is 32.6 Å². The lowest BCUT2D eigenvalue weighted by atomic mass is 9.71. The molecule has 1 aliphatic heterocycles. The molecule has 0 aromatic rings. The number of nitrogens with zero attached hydrogens (tertiary/aromatic N) is 1. The van der Waals surface area contributed by atoms with Crippen LogP contribution in [0, 0.1) is 5.92 Å². The monoisotopic (exact) mass is 269 g/mol. The number of nitrogens with one attached hydrogen (secondary N) is 1. The Morgan fingerprint density at radius 1 is 1.37 bits per heavy atom. The van der Waals surface area contributed by atoms with Gasteiger partial charge >= 0.3 is 11.8 Å². The molecule has 1 heterocycles. The van der Waals surface area contributed by atoms with E-state index < -0.39 is 17.4 Å². The molecule has 0 aromatic carbocycles. The molecule has 0 radical (unpaired) electrons. The van der Waals surface area contributed by atoms with E-state index in [1.165, 1.54) is 0 Å². The van der Waals surface area contributed by atoms with Crippen molar-refractivity contribution in [1.82, 2.24) is 10.2 Å². The van der Waals surface area contributed by atoms with Crippen molar-refractivity contribution in [2.75, 3.05) is 26.2 Å². The van der Waals surface area contributed by atoms with Gasteiger partial charge < -0.3 is 21.1 Å². The Balaban J connectivity index is 1.93. The maximum absolute atomic E-state index is 12.0. The molecule has 2 unspecified atom stereocenters. The molecule has 0 aromatic heterocycles. The lowest BCUT2D eigenvalue weighted by Gasteiger charge is -2.47. The number of likely N-dealkylation sites (tertiary alicyclic amines) is 1. The minimum Gasteiger partial charge on any atom is -0.389 e. The van der Waals surface area contributed by atoms with Crippen molar-refractivity contribution >= 4 is 11.8 Å². The van der Waals surface area contributed by atoms with Crippen molar-refractivity contribution in [3.05, 3.63) is 0 Å². The third-order valence-corrected chi connectivity index (χ3v) is 4.34. The van der Waals surface area contributed by atoms with E-state index in [4.69, 9.17) is 5.73 Å². The van der Waals surface area contributed by atoms with Gasteiger partial charge in [0.15, 0.2) is 0 Å². The predicted molar refractivity (Wildman–Crippen MR) is 70.2 cm³/mol. The van der Waals surface area contributed by atoms with Gasteiger partial charge in [0, 0.05) is 32.1 Å². The summed E-state index contributed by atoms with van der Waals surface area (Å²) in [4.78, 5) is 25.2. The van der Waals surface area contributed by atoms with Crippen molar-refractivity contribution < 1.29 is 14.7 Å². The van der Waals surface area contributed by atoms with Crippen LogP contribution in [0.3, 0.4) is 0 Å². The molecule has 6 nitrogen and oxygen atoms in total. The fourth-order valence-electron chi connectivity index (χ4n) is 3.16. The van der Waals surface area contributed by atoms with Crippen molar-refractivity contribution in [2.24, 2.45) is 11.7 Å². The van der Waals surface area contributed by atoms with Gasteiger partial charge in [0.25, 0.3) is 0 Å². The quantitative estimate of drug-likeness (QED) is 0.573. The summed E-state index contributed by atoms with van der Waals surface area (Å²) in [6, 6.07) is 0. The largest absolute Gasteiger partial charge is 0.389 e. The molecule has 2 fully saturated rings. The van der Waals surface area contributed by atoms with Crippen LogP contribution in [0.25, 0.3) is 0 Å². The molecule has 2 amide bonds. The van der Waals surface area contributed by atoms with Crippen LogP contribution >= 0.6 is 0 Å². The van der Waals surface area contributed by atoms with E-state index in [9.17, 15) is 14.7 Å². The number of fused-ring (bicyclic) bond motifs is 1. The highest BCUT2D eigenvalue weighted by atomic mass is 16.3. The Kier molecular flexibility index (Phi) is 4.42. The van der Waals surface area contributed by atoms with E-state index in [1.54, 1.807) is 4.90 Å². The van der Waals surface area contributed by atoms with Crippen LogP contribution in [0.5, 0.6) is 0 Å². The lowest BCUT2D eigenvalue weighted by Crippen LogP contribution is -2.57. The highest BCUT2D eigenvalue weighted by Crippen LogP contribution is 2.39. The van der Waals surface area contributed by atoms with Gasteiger partial charge in [-0.2, -0.15) is 0 Å². The van der Waals surface area contributed by atoms with Gasteiger partial charge in [-0.15, -0.1) is 0 Å². The molecule has 6 heteroatoms. The summed E-state index contributed by atoms with van der Waals surface area (Å²) >= 11 is 0. The van der Waals surface area contributed by atoms with E-state index in [0.717, 1.165) is 25.7 Å². The summed E-state index contributed by atoms with van der Waals surface area (Å²) in [6.07, 6.45) is 4.48. The SMILES string of the molecule is NCCNC(=O)C(=O)N1CCC2(O)CCCCC2C1. The fraction of sp³-hybridized carbons (Fsp3) is 0.846. The van der Waals surface area contributed by atoms with Crippen LogP contribution in [0.2, 0.25) is 0 Å². The molecule has 2 atom stereocenters. The van der Waals surface area contributed by atoms with Crippen LogP contribution in [0.15, 0.2) is 0 Å². The Labute approximate surface area is 113 Å². The molecular weight excluding hydrogens is 246 g/mol. The maximum atomic E-state index is 12.0. The zero-order valence-corrected chi connectivity index (χ0v) is 11.2. The van der Waals surface area contributed by atoms with Crippen LogP contribution in [0.4, 0.5) is 0 Å². The first-order valence-corrected chi connectivity index (χ1v) is 7.06. The van der Waals surface area contributed by atoms with Crippen molar-refractivity contribution in [2.45, 2.75) is 37.7 Å². The van der Waals surface area contributed by atoms with Gasteiger partial charge in [-0.1, -0.05) is 12.8 Å². The molecule has 1 aliphatic carbocycles. The lowest BCUT2D eigenvalue weighted by molar-refractivity contribution is -0.153. The Morgan fingerprint density at radius 3 is 2.89 bits per heavy atom. The highest BCUT2D eigenvalue weighted by molar-refractivity contribution is 6.35. The zero-order chi connectivity index (χ0) is 13.9. The number of amides is 2. The first-order chi connectivity index (χ1) is 9.07. The van der Waals surface area contributed by atoms with Crippen LogP contribution < -0.4 is 11.1 Å². The van der Waals surface area contributed by atoms with Gasteiger partial charge in [-0.3, -0.25) is 9.59 Å². The Morgan fingerprint density at radius 2 is 2.16 bits per heavy atom. The number of carbonyl (C=O) groups excluding carboxylic acids is 2. The summed E-state index contributed by atoms with van der Waals surface area (Å²) in [5, 5.41) is 13.0. The first kappa shape index (κ1) is 14.3. The molecule has 1 saturated heterocycles. The number of hydrogen-bond donors (Lipinski definition) is 3. The van der Waals surface area contributed by atoms with E-state index in [-0.39, 0.29) is 5.92 Å². The molecule has 2 rings (SSSR count). The summed E-state index contributed by atoms with van der Waals surface area (Å²) in [7, 11) is 0. The number of aliphatic hydroxyl groups is 1. The summed E-state index contributed by atoms with van der Waals surface area (Å²) in [5.41, 5.74) is 4.67. The number of piperidine rings is 1. The Hall–Kier alpha value is -1.14. The van der Waals surface area contributed by atoms with Gasteiger partial charge in [-0.05, 0) is 19.3 Å². The van der Waals surface area contributed by atoms with E-state index in [1.807, 2.05) is 0 Å². The first-order valence-electron chi connectivity index (χ1n) is 7.06. The molecule has 19 heavy (non-hydrogen) atoms. The smallest absolute Gasteiger partial charge is 0.311 e. The van der Waals surface area contributed by atoms with Crippen LogP contribution in [-0.2, 0) is 9.59 Å². The van der Waals surface area contributed by atoms with Crippen LogP contribution in [0.1, 0.15) is 32.1 Å². The number of hydrogen-bond acceptors (Lipinski definition) is 4. The van der Waals surface area contributed by atoms with Gasteiger partial charge in [0.1, 0.15) is 0 Å². The summed E-state index contributed by atoms with van der Waals surface area (Å²) in [6.45, 7) is 1.58. The highest BCUT2D eigenvalue weighted by Gasteiger charge is 2.44. The molecule has 0 bridgehead atoms. The number of carbonyl (C=O) groups is 2. The zero-order valence-electron chi connectivity index (χ0n) is 11.2. The molecule has 2 aliphatic rings. The standard InChI is InChI=1S/C13H23N3O3/c14-6-7-15-11(17)12(18)16-8-5-13(19)4-2-1-3-10(13)9-16/h10,19H,1-9,14H2,(H,15,17). The summed E-state index contributed by atoms with van der Waals surface area (Å²) < 4.78 is 0. The van der Waals surface area contributed by atoms with Crippen molar-refractivity contribution in [1.29, 1.82) is 0 Å². The number of rotatable bonds is 2. The average Bonchev–Trinajstić information content (AvgIpc) is 2.42. The topological polar surface area (TPSA) is 95.7 Å². The molecule has 4 N–H and O–H groups in total. The van der Waals surface area contributed by atoms with Crippen molar-refractivity contribution in [3.63, 3.8) is 0 Å². The normalized spacial score (nSPS) is 30.6. The molecular formula is C13H23N3O3. The van der Waals surface area contributed by atoms with Crippen LogP contribution in [-0.4, -0.2) is 53.6 Å². The van der Waals surface area contributed by atoms with E-state index >= 15 is 0 Å². The molecule has 108 valence electrons. The third kappa shape index (κ3) is 3.06. The predicted octanol–water partition coefficient (Wildman–Crippen LogP) is -0.785. The minimum atomic E-state index is -0.622. The fourth-order valence-corrected chi connectivity index (χ4v) is 3.16. The third-order valence-electron chi connectivity index (χ3n) is 4.34. The molecule has 1 saturated carbocycles. The average molecular weight is 269 g/mol. The molecule has 0 spiro atoms.